The molecule has 1 heterocycles. The second kappa shape index (κ2) is 5.10. The maximum Gasteiger partial charge on any atom is 0.0350 e. The van der Waals surface area contributed by atoms with Crippen molar-refractivity contribution in [3.8, 4) is 0 Å². The van der Waals surface area contributed by atoms with Gasteiger partial charge >= 0.3 is 0 Å². The van der Waals surface area contributed by atoms with Crippen molar-refractivity contribution in [1.29, 1.82) is 0 Å². The molecule has 1 saturated heterocycles. The standard InChI is InChI=1S/C11H17N3/c1-2-4-10(5-3-1)8-12-9-11-6-7-13-14-11/h1-5,11-14H,6-9H2. The van der Waals surface area contributed by atoms with E-state index in [1.807, 2.05) is 6.07 Å². The smallest absolute Gasteiger partial charge is 0.0350 e. The van der Waals surface area contributed by atoms with Crippen LogP contribution in [0.1, 0.15) is 12.0 Å². The normalized spacial score (nSPS) is 21.3. The van der Waals surface area contributed by atoms with Gasteiger partial charge in [-0.2, -0.15) is 0 Å². The van der Waals surface area contributed by atoms with Crippen LogP contribution in [-0.2, 0) is 6.54 Å². The quantitative estimate of drug-likeness (QED) is 0.654. The van der Waals surface area contributed by atoms with E-state index in [0.29, 0.717) is 6.04 Å². The van der Waals surface area contributed by atoms with Gasteiger partial charge in [0.2, 0.25) is 0 Å². The highest BCUT2D eigenvalue weighted by Crippen LogP contribution is 1.98. The summed E-state index contributed by atoms with van der Waals surface area (Å²) >= 11 is 0. The van der Waals surface area contributed by atoms with Gasteiger partial charge in [-0.25, -0.2) is 0 Å². The van der Waals surface area contributed by atoms with E-state index in [-0.39, 0.29) is 0 Å². The van der Waals surface area contributed by atoms with Crippen LogP contribution < -0.4 is 16.2 Å². The Kier molecular flexibility index (Phi) is 3.51. The lowest BCUT2D eigenvalue weighted by molar-refractivity contribution is 0.507. The zero-order chi connectivity index (χ0) is 9.64. The van der Waals surface area contributed by atoms with Crippen molar-refractivity contribution in [3.63, 3.8) is 0 Å². The van der Waals surface area contributed by atoms with Crippen LogP contribution in [0.15, 0.2) is 30.3 Å². The minimum atomic E-state index is 0.582. The molecule has 0 radical (unpaired) electrons. The van der Waals surface area contributed by atoms with Gasteiger partial charge in [-0.05, 0) is 12.0 Å². The highest BCUT2D eigenvalue weighted by atomic mass is 15.4. The van der Waals surface area contributed by atoms with Crippen molar-refractivity contribution in [2.45, 2.75) is 19.0 Å². The predicted molar refractivity (Wildman–Crippen MR) is 57.7 cm³/mol. The Morgan fingerprint density at radius 2 is 2.14 bits per heavy atom. The fraction of sp³-hybridized carbons (Fsp3) is 0.455. The van der Waals surface area contributed by atoms with E-state index in [1.54, 1.807) is 0 Å². The molecule has 0 bridgehead atoms. The second-order valence-electron chi connectivity index (χ2n) is 3.67. The van der Waals surface area contributed by atoms with E-state index >= 15 is 0 Å². The first-order valence-corrected chi connectivity index (χ1v) is 5.18. The lowest BCUT2D eigenvalue weighted by Crippen LogP contribution is -2.37. The Labute approximate surface area is 84.9 Å². The molecule has 3 N–H and O–H groups in total. The van der Waals surface area contributed by atoms with Crippen molar-refractivity contribution < 1.29 is 0 Å². The average Bonchev–Trinajstić information content (AvgIpc) is 2.72. The SMILES string of the molecule is c1ccc(CNCC2CCNN2)cc1. The molecular formula is C11H17N3. The van der Waals surface area contributed by atoms with Gasteiger partial charge in [-0.15, -0.1) is 0 Å². The molecule has 3 nitrogen and oxygen atoms in total. The molecule has 1 aliphatic rings. The number of hydrogen-bond donors (Lipinski definition) is 3. The molecule has 1 unspecified atom stereocenters. The van der Waals surface area contributed by atoms with Gasteiger partial charge in [0.05, 0.1) is 0 Å². The maximum absolute atomic E-state index is 3.44. The summed E-state index contributed by atoms with van der Waals surface area (Å²) in [5.74, 6) is 0. The molecule has 2 rings (SSSR count). The predicted octanol–water partition coefficient (Wildman–Crippen LogP) is 0.643. The Bertz CT molecular complexity index is 254. The summed E-state index contributed by atoms with van der Waals surface area (Å²) in [6.07, 6.45) is 1.21. The molecule has 14 heavy (non-hydrogen) atoms. The van der Waals surface area contributed by atoms with Gasteiger partial charge in [0.1, 0.15) is 0 Å². The summed E-state index contributed by atoms with van der Waals surface area (Å²) in [6.45, 7) is 3.07. The Morgan fingerprint density at radius 3 is 2.86 bits per heavy atom. The summed E-state index contributed by atoms with van der Waals surface area (Å²) in [6, 6.07) is 11.1. The van der Waals surface area contributed by atoms with Crippen LogP contribution in [0, 0.1) is 0 Å². The van der Waals surface area contributed by atoms with Crippen LogP contribution in [0.2, 0.25) is 0 Å². The molecule has 1 atom stereocenters. The van der Waals surface area contributed by atoms with E-state index in [9.17, 15) is 0 Å². The minimum absolute atomic E-state index is 0.582. The molecule has 0 aromatic heterocycles. The van der Waals surface area contributed by atoms with Gasteiger partial charge in [-0.3, -0.25) is 10.9 Å². The van der Waals surface area contributed by atoms with Gasteiger partial charge in [0.25, 0.3) is 0 Å². The highest BCUT2D eigenvalue weighted by molar-refractivity contribution is 5.14. The summed E-state index contributed by atoms with van der Waals surface area (Å²) < 4.78 is 0. The van der Waals surface area contributed by atoms with Gasteiger partial charge < -0.3 is 5.32 Å². The van der Waals surface area contributed by atoms with Gasteiger partial charge in [-0.1, -0.05) is 30.3 Å². The first-order valence-electron chi connectivity index (χ1n) is 5.18. The molecule has 76 valence electrons. The zero-order valence-corrected chi connectivity index (χ0v) is 8.29. The Hall–Kier alpha value is -0.900. The molecule has 0 amide bonds. The summed E-state index contributed by atoms with van der Waals surface area (Å²) in [5.41, 5.74) is 7.71. The molecule has 0 spiro atoms. The topological polar surface area (TPSA) is 36.1 Å². The van der Waals surface area contributed by atoms with E-state index in [1.165, 1.54) is 12.0 Å². The number of hydrogen-bond acceptors (Lipinski definition) is 3. The monoisotopic (exact) mass is 191 g/mol. The fourth-order valence-corrected chi connectivity index (χ4v) is 1.67. The molecule has 1 aromatic rings. The lowest BCUT2D eigenvalue weighted by Gasteiger charge is -2.10. The molecule has 0 aliphatic carbocycles. The van der Waals surface area contributed by atoms with Crippen LogP contribution in [0.5, 0.6) is 0 Å². The van der Waals surface area contributed by atoms with Crippen molar-refractivity contribution in [3.05, 3.63) is 35.9 Å². The molecular weight excluding hydrogens is 174 g/mol. The Morgan fingerprint density at radius 1 is 1.29 bits per heavy atom. The maximum atomic E-state index is 3.44. The summed E-state index contributed by atoms with van der Waals surface area (Å²) in [7, 11) is 0. The van der Waals surface area contributed by atoms with Crippen LogP contribution in [0.25, 0.3) is 0 Å². The van der Waals surface area contributed by atoms with Crippen molar-refractivity contribution in [2.24, 2.45) is 0 Å². The van der Waals surface area contributed by atoms with E-state index in [4.69, 9.17) is 0 Å². The minimum Gasteiger partial charge on any atom is -0.311 e. The highest BCUT2D eigenvalue weighted by Gasteiger charge is 2.11. The number of nitrogens with one attached hydrogen (secondary N) is 3. The summed E-state index contributed by atoms with van der Waals surface area (Å²) in [4.78, 5) is 0. The largest absolute Gasteiger partial charge is 0.311 e. The van der Waals surface area contributed by atoms with E-state index in [2.05, 4.69) is 40.4 Å². The van der Waals surface area contributed by atoms with Crippen LogP contribution in [0.4, 0.5) is 0 Å². The van der Waals surface area contributed by atoms with Crippen molar-refractivity contribution in [1.82, 2.24) is 16.2 Å². The third-order valence-corrected chi connectivity index (χ3v) is 2.49. The lowest BCUT2D eigenvalue weighted by atomic mass is 10.2. The number of benzene rings is 1. The van der Waals surface area contributed by atoms with Gasteiger partial charge in [0.15, 0.2) is 0 Å². The molecule has 0 saturated carbocycles. The third kappa shape index (κ3) is 2.80. The van der Waals surface area contributed by atoms with Gasteiger partial charge in [0, 0.05) is 25.7 Å². The first-order chi connectivity index (χ1) is 6.95. The first kappa shape index (κ1) is 9.65. The van der Waals surface area contributed by atoms with E-state index in [0.717, 1.165) is 19.6 Å². The van der Waals surface area contributed by atoms with Crippen LogP contribution >= 0.6 is 0 Å². The van der Waals surface area contributed by atoms with E-state index < -0.39 is 0 Å². The molecule has 3 heteroatoms. The number of hydrazine groups is 1. The second-order valence-corrected chi connectivity index (χ2v) is 3.67. The van der Waals surface area contributed by atoms with Crippen molar-refractivity contribution in [2.75, 3.05) is 13.1 Å². The fourth-order valence-electron chi connectivity index (χ4n) is 1.67. The van der Waals surface area contributed by atoms with Crippen molar-refractivity contribution >= 4 is 0 Å². The zero-order valence-electron chi connectivity index (χ0n) is 8.29. The molecule has 1 fully saturated rings. The number of rotatable bonds is 4. The van der Waals surface area contributed by atoms with Crippen LogP contribution in [-0.4, -0.2) is 19.1 Å². The third-order valence-electron chi connectivity index (χ3n) is 2.49. The van der Waals surface area contributed by atoms with Crippen LogP contribution in [0.3, 0.4) is 0 Å². The summed E-state index contributed by atoms with van der Waals surface area (Å²) in [5, 5.41) is 3.44. The Balaban J connectivity index is 1.67. The molecule has 1 aromatic carbocycles. The average molecular weight is 191 g/mol. The molecule has 1 aliphatic heterocycles.